The molecule has 122 valence electrons. The molecule has 2 aliphatic rings. The van der Waals surface area contributed by atoms with E-state index in [1.165, 1.54) is 4.90 Å². The van der Waals surface area contributed by atoms with E-state index in [1.807, 2.05) is 0 Å². The van der Waals surface area contributed by atoms with Crippen molar-refractivity contribution in [1.82, 2.24) is 15.5 Å². The molecule has 2 N–H and O–H groups in total. The van der Waals surface area contributed by atoms with Crippen molar-refractivity contribution in [3.05, 3.63) is 0 Å². The van der Waals surface area contributed by atoms with E-state index in [0.717, 1.165) is 32.1 Å². The summed E-state index contributed by atoms with van der Waals surface area (Å²) in [5.74, 6) is -0.310. The SMILES string of the molecule is O=C(NCC(N1CCNCC1)C(F)(F)F)C1CCCCC1. The highest BCUT2D eigenvalue weighted by atomic mass is 19.4. The molecule has 7 heteroatoms. The zero-order valence-electron chi connectivity index (χ0n) is 12.2. The molecule has 0 aromatic rings. The summed E-state index contributed by atoms with van der Waals surface area (Å²) < 4.78 is 39.6. The molecule has 21 heavy (non-hydrogen) atoms. The number of rotatable bonds is 4. The molecule has 2 rings (SSSR count). The average molecular weight is 307 g/mol. The highest BCUT2D eigenvalue weighted by Crippen LogP contribution is 2.26. The number of carbonyl (C=O) groups is 1. The first-order chi connectivity index (χ1) is 9.98. The van der Waals surface area contributed by atoms with Gasteiger partial charge in [-0.2, -0.15) is 13.2 Å². The third-order valence-corrected chi connectivity index (χ3v) is 4.42. The summed E-state index contributed by atoms with van der Waals surface area (Å²) in [7, 11) is 0. The third-order valence-electron chi connectivity index (χ3n) is 4.42. The Morgan fingerprint density at radius 1 is 1.19 bits per heavy atom. The van der Waals surface area contributed by atoms with E-state index in [4.69, 9.17) is 0 Å². The molecule has 0 aromatic carbocycles. The lowest BCUT2D eigenvalue weighted by atomic mass is 9.88. The minimum Gasteiger partial charge on any atom is -0.354 e. The molecule has 0 aromatic heterocycles. The van der Waals surface area contributed by atoms with Crippen LogP contribution in [0.25, 0.3) is 0 Å². The normalized spacial score (nSPS) is 23.8. The summed E-state index contributed by atoms with van der Waals surface area (Å²) in [5.41, 5.74) is 0. The van der Waals surface area contributed by atoms with Gasteiger partial charge in [0.15, 0.2) is 0 Å². The number of carbonyl (C=O) groups excluding carboxylic acids is 1. The maximum Gasteiger partial charge on any atom is 0.405 e. The monoisotopic (exact) mass is 307 g/mol. The summed E-state index contributed by atoms with van der Waals surface area (Å²) in [5, 5.41) is 5.58. The molecule has 1 saturated heterocycles. The van der Waals surface area contributed by atoms with Crippen LogP contribution in [0.1, 0.15) is 32.1 Å². The standard InChI is InChI=1S/C14H24F3N3O/c15-14(16,17)12(20-8-6-18-7-9-20)10-19-13(21)11-4-2-1-3-5-11/h11-12,18H,1-10H2,(H,19,21). The summed E-state index contributed by atoms with van der Waals surface area (Å²) in [6.07, 6.45) is 0.413. The van der Waals surface area contributed by atoms with Crippen molar-refractivity contribution in [3.63, 3.8) is 0 Å². The van der Waals surface area contributed by atoms with Gasteiger partial charge in [0.1, 0.15) is 6.04 Å². The van der Waals surface area contributed by atoms with Crippen LogP contribution in [0.5, 0.6) is 0 Å². The zero-order chi connectivity index (χ0) is 15.3. The van der Waals surface area contributed by atoms with Crippen molar-refractivity contribution >= 4 is 5.91 Å². The second-order valence-electron chi connectivity index (χ2n) is 5.92. The van der Waals surface area contributed by atoms with Gasteiger partial charge in [0.25, 0.3) is 0 Å². The molecule has 1 unspecified atom stereocenters. The second kappa shape index (κ2) is 7.45. The van der Waals surface area contributed by atoms with E-state index in [2.05, 4.69) is 10.6 Å². The summed E-state index contributed by atoms with van der Waals surface area (Å²) >= 11 is 0. The molecule has 1 aliphatic heterocycles. The van der Waals surface area contributed by atoms with Gasteiger partial charge in [-0.15, -0.1) is 0 Å². The largest absolute Gasteiger partial charge is 0.405 e. The second-order valence-corrected chi connectivity index (χ2v) is 5.92. The Balaban J connectivity index is 1.87. The molecule has 1 atom stereocenters. The van der Waals surface area contributed by atoms with Gasteiger partial charge in [-0.05, 0) is 12.8 Å². The first-order valence-electron chi connectivity index (χ1n) is 7.77. The lowest BCUT2D eigenvalue weighted by molar-refractivity contribution is -0.184. The lowest BCUT2D eigenvalue weighted by Crippen LogP contribution is -2.57. The van der Waals surface area contributed by atoms with Crippen LogP contribution < -0.4 is 10.6 Å². The van der Waals surface area contributed by atoms with Crippen molar-refractivity contribution in [3.8, 4) is 0 Å². The van der Waals surface area contributed by atoms with E-state index >= 15 is 0 Å². The molecular formula is C14H24F3N3O. The Morgan fingerprint density at radius 2 is 1.81 bits per heavy atom. The van der Waals surface area contributed by atoms with Gasteiger partial charge in [0.05, 0.1) is 0 Å². The number of halogens is 3. The lowest BCUT2D eigenvalue weighted by Gasteiger charge is -2.36. The molecule has 0 spiro atoms. The molecule has 0 bridgehead atoms. The summed E-state index contributed by atoms with van der Waals surface area (Å²) in [4.78, 5) is 13.4. The minimum absolute atomic E-state index is 0.101. The summed E-state index contributed by atoms with van der Waals surface area (Å²) in [6, 6.07) is -1.58. The first kappa shape index (κ1) is 16.5. The quantitative estimate of drug-likeness (QED) is 0.828. The van der Waals surface area contributed by atoms with Crippen LogP contribution in [-0.4, -0.2) is 55.7 Å². The van der Waals surface area contributed by atoms with Gasteiger partial charge in [-0.1, -0.05) is 19.3 Å². The number of piperazine rings is 1. The predicted octanol–water partition coefficient (Wildman–Crippen LogP) is 1.52. The fourth-order valence-electron chi connectivity index (χ4n) is 3.15. The van der Waals surface area contributed by atoms with E-state index in [9.17, 15) is 18.0 Å². The topological polar surface area (TPSA) is 44.4 Å². The maximum atomic E-state index is 13.2. The predicted molar refractivity (Wildman–Crippen MR) is 73.9 cm³/mol. The van der Waals surface area contributed by atoms with Gasteiger partial charge in [0, 0.05) is 38.6 Å². The van der Waals surface area contributed by atoms with Crippen molar-refractivity contribution < 1.29 is 18.0 Å². The van der Waals surface area contributed by atoms with Crippen LogP contribution in [0.3, 0.4) is 0 Å². The number of hydrogen-bond acceptors (Lipinski definition) is 3. The van der Waals surface area contributed by atoms with Gasteiger partial charge in [0.2, 0.25) is 5.91 Å². The molecule has 2 fully saturated rings. The fraction of sp³-hybridized carbons (Fsp3) is 0.929. The van der Waals surface area contributed by atoms with Gasteiger partial charge in [-0.25, -0.2) is 0 Å². The molecule has 1 aliphatic carbocycles. The van der Waals surface area contributed by atoms with Crippen LogP contribution in [0.4, 0.5) is 13.2 Å². The van der Waals surface area contributed by atoms with E-state index in [1.54, 1.807) is 0 Å². The maximum absolute atomic E-state index is 13.2. The van der Waals surface area contributed by atoms with Gasteiger partial charge < -0.3 is 10.6 Å². The fourth-order valence-corrected chi connectivity index (χ4v) is 3.15. The van der Waals surface area contributed by atoms with Crippen LogP contribution in [0, 0.1) is 5.92 Å². The number of alkyl halides is 3. The molecule has 0 radical (unpaired) electrons. The highest BCUT2D eigenvalue weighted by Gasteiger charge is 2.44. The number of hydrogen-bond donors (Lipinski definition) is 2. The van der Waals surface area contributed by atoms with E-state index < -0.39 is 12.2 Å². The number of nitrogens with zero attached hydrogens (tertiary/aromatic N) is 1. The molecular weight excluding hydrogens is 283 g/mol. The number of amides is 1. The smallest absolute Gasteiger partial charge is 0.354 e. The summed E-state index contributed by atoms with van der Waals surface area (Å²) in [6.45, 7) is 1.51. The molecule has 1 amide bonds. The Morgan fingerprint density at radius 3 is 2.38 bits per heavy atom. The van der Waals surface area contributed by atoms with E-state index in [0.29, 0.717) is 26.2 Å². The number of nitrogens with one attached hydrogen (secondary N) is 2. The Hall–Kier alpha value is -0.820. The van der Waals surface area contributed by atoms with E-state index in [-0.39, 0.29) is 18.4 Å². The van der Waals surface area contributed by atoms with Crippen molar-refractivity contribution in [2.75, 3.05) is 32.7 Å². The van der Waals surface area contributed by atoms with Crippen molar-refractivity contribution in [2.45, 2.75) is 44.3 Å². The highest BCUT2D eigenvalue weighted by molar-refractivity contribution is 5.78. The Kier molecular flexibility index (Phi) is 5.87. The van der Waals surface area contributed by atoms with Crippen LogP contribution in [0.15, 0.2) is 0 Å². The third kappa shape index (κ3) is 4.85. The van der Waals surface area contributed by atoms with Crippen molar-refractivity contribution in [1.29, 1.82) is 0 Å². The minimum atomic E-state index is -4.31. The molecule has 1 heterocycles. The Bertz CT molecular complexity index is 337. The average Bonchev–Trinajstić information content (AvgIpc) is 2.48. The van der Waals surface area contributed by atoms with Gasteiger partial charge in [-0.3, -0.25) is 9.69 Å². The molecule has 4 nitrogen and oxygen atoms in total. The molecule has 1 saturated carbocycles. The first-order valence-corrected chi connectivity index (χ1v) is 7.77. The van der Waals surface area contributed by atoms with Crippen LogP contribution in [0.2, 0.25) is 0 Å². The Labute approximate surface area is 123 Å². The van der Waals surface area contributed by atoms with Gasteiger partial charge >= 0.3 is 6.18 Å². The van der Waals surface area contributed by atoms with Crippen molar-refractivity contribution in [2.24, 2.45) is 5.92 Å². The zero-order valence-corrected chi connectivity index (χ0v) is 12.2. The van der Waals surface area contributed by atoms with Crippen LogP contribution >= 0.6 is 0 Å². The van der Waals surface area contributed by atoms with Crippen LogP contribution in [-0.2, 0) is 4.79 Å².